The van der Waals surface area contributed by atoms with Crippen LogP contribution in [0.1, 0.15) is 37.8 Å². The molecule has 2 N–H and O–H groups in total. The highest BCUT2D eigenvalue weighted by Crippen LogP contribution is 2.59. The van der Waals surface area contributed by atoms with Crippen LogP contribution in [0.25, 0.3) is 11.1 Å². The van der Waals surface area contributed by atoms with Gasteiger partial charge in [-0.15, -0.1) is 0 Å². The van der Waals surface area contributed by atoms with Gasteiger partial charge in [-0.2, -0.15) is 0 Å². The molecule has 0 bridgehead atoms. The molecule has 33 heavy (non-hydrogen) atoms. The fourth-order valence-electron chi connectivity index (χ4n) is 5.42. The standard InChI is InChI=1S/C27H33N3O3/c1-17-24(27(17,2)20-7-5-4-6-8-20)25(31)28-15-21(30(3)16-18-9-10-18)13-19-11-12-22-23(14-19)33-26(32)29-22/h4-8,11-12,14,17-18,21,24H,9-10,13,15-16H2,1-3H3,(H,28,31)(H,29,32)/t17?,21-,24?,27+/m0/s1. The van der Waals surface area contributed by atoms with Crippen molar-refractivity contribution in [2.75, 3.05) is 20.1 Å². The highest BCUT2D eigenvalue weighted by Gasteiger charge is 2.62. The molecule has 3 aromatic rings. The number of likely N-dealkylation sites (N-methyl/N-ethyl adjacent to an activating group) is 1. The number of carbonyl (C=O) groups excluding carboxylic acids is 1. The van der Waals surface area contributed by atoms with E-state index < -0.39 is 5.76 Å². The van der Waals surface area contributed by atoms with Crippen LogP contribution in [0.15, 0.2) is 57.7 Å². The average Bonchev–Trinajstić information content (AvgIpc) is 3.67. The number of nitrogens with one attached hydrogen (secondary N) is 2. The van der Waals surface area contributed by atoms with Crippen LogP contribution in [0.5, 0.6) is 0 Å². The van der Waals surface area contributed by atoms with Crippen LogP contribution in [0.4, 0.5) is 0 Å². The zero-order valence-electron chi connectivity index (χ0n) is 19.6. The first kappa shape index (κ1) is 22.0. The lowest BCUT2D eigenvalue weighted by Crippen LogP contribution is -2.45. The SMILES string of the molecule is CC1C(C(=O)NC[C@H](Cc2ccc3[nH]c(=O)oc3c2)N(C)CC2CC2)[C@@]1(C)c1ccccc1. The molecule has 5 rings (SSSR count). The summed E-state index contributed by atoms with van der Waals surface area (Å²) >= 11 is 0. The molecule has 0 spiro atoms. The lowest BCUT2D eigenvalue weighted by Gasteiger charge is -2.29. The minimum Gasteiger partial charge on any atom is -0.408 e. The van der Waals surface area contributed by atoms with E-state index in [1.807, 2.05) is 36.4 Å². The summed E-state index contributed by atoms with van der Waals surface area (Å²) in [7, 11) is 2.15. The predicted octanol–water partition coefficient (Wildman–Crippen LogP) is 3.71. The van der Waals surface area contributed by atoms with E-state index in [9.17, 15) is 9.59 Å². The van der Waals surface area contributed by atoms with Crippen molar-refractivity contribution >= 4 is 17.0 Å². The van der Waals surface area contributed by atoms with Gasteiger partial charge >= 0.3 is 5.76 Å². The summed E-state index contributed by atoms with van der Waals surface area (Å²) in [6, 6.07) is 16.4. The molecule has 174 valence electrons. The Bertz CT molecular complexity index is 1200. The molecule has 1 aromatic heterocycles. The Morgan fingerprint density at radius 3 is 2.73 bits per heavy atom. The summed E-state index contributed by atoms with van der Waals surface area (Å²) in [5, 5.41) is 3.28. The van der Waals surface area contributed by atoms with Crippen LogP contribution in [0, 0.1) is 17.8 Å². The van der Waals surface area contributed by atoms with Crippen LogP contribution in [0.3, 0.4) is 0 Å². The number of amides is 1. The topological polar surface area (TPSA) is 78.3 Å². The molecule has 2 saturated carbocycles. The van der Waals surface area contributed by atoms with Crippen molar-refractivity contribution < 1.29 is 9.21 Å². The second kappa shape index (κ2) is 8.49. The fourth-order valence-corrected chi connectivity index (χ4v) is 5.42. The van der Waals surface area contributed by atoms with E-state index in [2.05, 4.69) is 48.2 Å². The van der Waals surface area contributed by atoms with Crippen molar-refractivity contribution in [3.8, 4) is 0 Å². The van der Waals surface area contributed by atoms with Crippen LogP contribution in [-0.2, 0) is 16.6 Å². The van der Waals surface area contributed by atoms with Gasteiger partial charge in [0.2, 0.25) is 5.91 Å². The number of oxazole rings is 1. The van der Waals surface area contributed by atoms with Crippen molar-refractivity contribution in [2.45, 2.75) is 44.6 Å². The lowest BCUT2D eigenvalue weighted by molar-refractivity contribution is -0.123. The number of aromatic amines is 1. The maximum Gasteiger partial charge on any atom is 0.417 e. The minimum absolute atomic E-state index is 0.000213. The summed E-state index contributed by atoms with van der Waals surface area (Å²) < 4.78 is 5.25. The van der Waals surface area contributed by atoms with Gasteiger partial charge in [0.15, 0.2) is 5.58 Å². The van der Waals surface area contributed by atoms with Gasteiger partial charge in [0.1, 0.15) is 0 Å². The van der Waals surface area contributed by atoms with Gasteiger partial charge in [-0.25, -0.2) is 4.79 Å². The van der Waals surface area contributed by atoms with Crippen LogP contribution < -0.4 is 11.1 Å². The van der Waals surface area contributed by atoms with Gasteiger partial charge in [-0.05, 0) is 61.4 Å². The largest absolute Gasteiger partial charge is 0.417 e. The average molecular weight is 448 g/mol. The number of carbonyl (C=O) groups is 1. The molecule has 2 aromatic carbocycles. The third-order valence-electron chi connectivity index (χ3n) is 8.00. The monoisotopic (exact) mass is 447 g/mol. The first-order chi connectivity index (χ1) is 15.9. The number of hydrogen-bond donors (Lipinski definition) is 2. The van der Waals surface area contributed by atoms with Gasteiger partial charge in [0, 0.05) is 24.5 Å². The zero-order valence-corrected chi connectivity index (χ0v) is 19.6. The quantitative estimate of drug-likeness (QED) is 0.524. The Kier molecular flexibility index (Phi) is 5.65. The summed E-state index contributed by atoms with van der Waals surface area (Å²) in [6.07, 6.45) is 3.36. The van der Waals surface area contributed by atoms with Crippen molar-refractivity contribution in [1.82, 2.24) is 15.2 Å². The maximum atomic E-state index is 13.2. The van der Waals surface area contributed by atoms with Gasteiger partial charge in [-0.3, -0.25) is 9.78 Å². The summed E-state index contributed by atoms with van der Waals surface area (Å²) in [5.74, 6) is 0.798. The first-order valence-corrected chi connectivity index (χ1v) is 12.0. The Morgan fingerprint density at radius 1 is 1.24 bits per heavy atom. The number of fused-ring (bicyclic) bond motifs is 1. The number of rotatable bonds is 9. The van der Waals surface area contributed by atoms with Crippen molar-refractivity contribution in [3.05, 3.63) is 70.2 Å². The van der Waals surface area contributed by atoms with E-state index in [1.165, 1.54) is 18.4 Å². The molecular formula is C27H33N3O3. The van der Waals surface area contributed by atoms with Crippen LogP contribution in [0.2, 0.25) is 0 Å². The Labute approximate surface area is 194 Å². The Hall–Kier alpha value is -2.86. The van der Waals surface area contributed by atoms with Crippen molar-refractivity contribution in [1.29, 1.82) is 0 Å². The van der Waals surface area contributed by atoms with Crippen molar-refractivity contribution in [3.63, 3.8) is 0 Å². The number of hydrogen-bond acceptors (Lipinski definition) is 4. The smallest absolute Gasteiger partial charge is 0.408 e. The van der Waals surface area contributed by atoms with Crippen molar-refractivity contribution in [2.24, 2.45) is 17.8 Å². The van der Waals surface area contributed by atoms with E-state index in [-0.39, 0.29) is 23.3 Å². The molecule has 1 amide bonds. The first-order valence-electron chi connectivity index (χ1n) is 12.0. The van der Waals surface area contributed by atoms with E-state index in [0.29, 0.717) is 23.6 Å². The fraction of sp³-hybridized carbons (Fsp3) is 0.481. The molecule has 2 fully saturated rings. The summed E-state index contributed by atoms with van der Waals surface area (Å²) in [5.41, 5.74) is 3.53. The van der Waals surface area contributed by atoms with Gasteiger partial charge in [0.25, 0.3) is 0 Å². The number of aromatic nitrogens is 1. The van der Waals surface area contributed by atoms with E-state index in [0.717, 1.165) is 24.4 Å². The second-order valence-corrected chi connectivity index (χ2v) is 10.2. The van der Waals surface area contributed by atoms with Gasteiger partial charge < -0.3 is 14.6 Å². The lowest BCUT2D eigenvalue weighted by atomic mass is 9.94. The third-order valence-corrected chi connectivity index (χ3v) is 8.00. The number of nitrogens with zero attached hydrogens (tertiary/aromatic N) is 1. The molecule has 2 aliphatic carbocycles. The molecule has 6 heteroatoms. The van der Waals surface area contributed by atoms with E-state index >= 15 is 0 Å². The molecule has 4 atom stereocenters. The number of benzene rings is 2. The van der Waals surface area contributed by atoms with E-state index in [1.54, 1.807) is 0 Å². The molecule has 0 radical (unpaired) electrons. The third kappa shape index (κ3) is 4.36. The van der Waals surface area contributed by atoms with Crippen LogP contribution in [-0.4, -0.2) is 42.0 Å². The Balaban J connectivity index is 1.28. The predicted molar refractivity (Wildman–Crippen MR) is 129 cm³/mol. The van der Waals surface area contributed by atoms with E-state index in [4.69, 9.17) is 4.42 Å². The normalized spacial score (nSPS) is 25.3. The van der Waals surface area contributed by atoms with Crippen LogP contribution >= 0.6 is 0 Å². The zero-order chi connectivity index (χ0) is 23.2. The number of H-pyrrole nitrogens is 1. The molecule has 1 heterocycles. The highest BCUT2D eigenvalue weighted by molar-refractivity contribution is 5.85. The minimum atomic E-state index is -0.433. The highest BCUT2D eigenvalue weighted by atomic mass is 16.4. The summed E-state index contributed by atoms with van der Waals surface area (Å²) in [6.45, 7) is 6.02. The second-order valence-electron chi connectivity index (χ2n) is 10.2. The molecule has 2 unspecified atom stereocenters. The molecular weight excluding hydrogens is 414 g/mol. The van der Waals surface area contributed by atoms with Gasteiger partial charge in [-0.1, -0.05) is 50.2 Å². The summed E-state index contributed by atoms with van der Waals surface area (Å²) in [4.78, 5) is 29.8. The maximum absolute atomic E-state index is 13.2. The molecule has 2 aliphatic rings. The Morgan fingerprint density at radius 2 is 2.00 bits per heavy atom. The van der Waals surface area contributed by atoms with Gasteiger partial charge in [0.05, 0.1) is 11.4 Å². The molecule has 0 saturated heterocycles. The molecule has 6 nitrogen and oxygen atoms in total. The molecule has 0 aliphatic heterocycles.